The fraction of sp³-hybridized carbons (Fsp3) is 0.308. The summed E-state index contributed by atoms with van der Waals surface area (Å²) in [5.41, 5.74) is 0.520. The van der Waals surface area contributed by atoms with Crippen LogP contribution in [0, 0.1) is 0 Å². The molecule has 0 saturated heterocycles. The highest BCUT2D eigenvalue weighted by Crippen LogP contribution is 2.37. The Hall–Kier alpha value is -0.840. The highest BCUT2D eigenvalue weighted by atomic mass is 79.9. The van der Waals surface area contributed by atoms with E-state index in [-0.39, 0.29) is 0 Å². The van der Waals surface area contributed by atoms with E-state index in [9.17, 15) is 4.79 Å². The third-order valence-corrected chi connectivity index (χ3v) is 4.20. The first-order valence-electron chi connectivity index (χ1n) is 5.34. The van der Waals surface area contributed by atoms with Crippen molar-refractivity contribution in [2.75, 3.05) is 14.2 Å². The molecular weight excluding hydrogens is 319 g/mol. The number of hydrogen-bond donors (Lipinski definition) is 0. The van der Waals surface area contributed by atoms with E-state index in [0.717, 1.165) is 10.4 Å². The maximum Gasteiger partial charge on any atom is 0.249 e. The van der Waals surface area contributed by atoms with Gasteiger partial charge in [0, 0.05) is 24.3 Å². The Morgan fingerprint density at radius 1 is 1.33 bits per heavy atom. The van der Waals surface area contributed by atoms with E-state index in [0.29, 0.717) is 17.8 Å². The second-order valence-electron chi connectivity index (χ2n) is 3.94. The molecule has 0 radical (unpaired) electrons. The molecule has 1 atom stereocenters. The van der Waals surface area contributed by atoms with Crippen LogP contribution in [0.15, 0.2) is 24.3 Å². The van der Waals surface area contributed by atoms with E-state index in [1.807, 2.05) is 24.3 Å². The fourth-order valence-corrected chi connectivity index (χ4v) is 2.98. The molecule has 0 saturated carbocycles. The van der Waals surface area contributed by atoms with Crippen molar-refractivity contribution in [3.05, 3.63) is 34.7 Å². The zero-order chi connectivity index (χ0) is 13.3. The van der Waals surface area contributed by atoms with Crippen LogP contribution in [0.5, 0.6) is 0 Å². The molecule has 1 aliphatic rings. The van der Waals surface area contributed by atoms with Gasteiger partial charge >= 0.3 is 0 Å². The van der Waals surface area contributed by atoms with E-state index in [2.05, 4.69) is 15.9 Å². The molecule has 0 bridgehead atoms. The second kappa shape index (κ2) is 5.03. The molecule has 5 heteroatoms. The first-order chi connectivity index (χ1) is 8.53. The van der Waals surface area contributed by atoms with Crippen molar-refractivity contribution in [2.45, 2.75) is 10.9 Å². The molecule has 0 amide bonds. The third-order valence-electron chi connectivity index (χ3n) is 3.00. The summed E-state index contributed by atoms with van der Waals surface area (Å²) >= 11 is 9.14. The van der Waals surface area contributed by atoms with Crippen molar-refractivity contribution in [3.63, 3.8) is 0 Å². The van der Waals surface area contributed by atoms with Gasteiger partial charge in [-0.1, -0.05) is 24.3 Å². The van der Waals surface area contributed by atoms with Gasteiger partial charge in [0.15, 0.2) is 4.51 Å². The van der Waals surface area contributed by atoms with Crippen molar-refractivity contribution in [1.29, 1.82) is 0 Å². The van der Waals surface area contributed by atoms with Gasteiger partial charge in [0.25, 0.3) is 0 Å². The molecule has 0 spiro atoms. The summed E-state index contributed by atoms with van der Waals surface area (Å²) in [5.74, 6) is 0.641. The van der Waals surface area contributed by atoms with Gasteiger partial charge in [-0.3, -0.25) is 4.79 Å². The number of alkyl halides is 1. The van der Waals surface area contributed by atoms with Crippen LogP contribution < -0.4 is 10.4 Å². The average molecular weight is 332 g/mol. The minimum Gasteiger partial charge on any atom is -0.496 e. The van der Waals surface area contributed by atoms with E-state index in [4.69, 9.17) is 21.1 Å². The molecule has 2 rings (SSSR count). The maximum atomic E-state index is 11.6. The SMILES string of the molecule is COC1=c2ccccc2=C(C(=O)Cl)CC1(Br)OC. The number of ether oxygens (including phenoxy) is 2. The third kappa shape index (κ3) is 2.09. The van der Waals surface area contributed by atoms with Gasteiger partial charge in [-0.05, 0) is 32.7 Å². The minimum atomic E-state index is -0.851. The van der Waals surface area contributed by atoms with Crippen LogP contribution in [0.25, 0.3) is 11.3 Å². The summed E-state index contributed by atoms with van der Waals surface area (Å²) < 4.78 is 10.0. The number of carbonyl (C=O) groups is 1. The lowest BCUT2D eigenvalue weighted by molar-refractivity contribution is -0.107. The summed E-state index contributed by atoms with van der Waals surface area (Å²) in [6, 6.07) is 7.47. The molecule has 1 unspecified atom stereocenters. The topological polar surface area (TPSA) is 35.5 Å². The Morgan fingerprint density at radius 3 is 2.44 bits per heavy atom. The summed E-state index contributed by atoms with van der Waals surface area (Å²) in [6.45, 7) is 0. The minimum absolute atomic E-state index is 0.325. The molecule has 96 valence electrons. The van der Waals surface area contributed by atoms with E-state index in [1.165, 1.54) is 0 Å². The lowest BCUT2D eigenvalue weighted by Crippen LogP contribution is -2.44. The van der Waals surface area contributed by atoms with Crippen molar-refractivity contribution >= 4 is 44.1 Å². The fourth-order valence-electron chi connectivity index (χ4n) is 2.15. The highest BCUT2D eigenvalue weighted by Gasteiger charge is 2.38. The summed E-state index contributed by atoms with van der Waals surface area (Å²) in [4.78, 5) is 11.6. The molecule has 1 aliphatic carbocycles. The van der Waals surface area contributed by atoms with Gasteiger partial charge in [-0.2, -0.15) is 0 Å². The number of methoxy groups -OCH3 is 2. The maximum absolute atomic E-state index is 11.6. The van der Waals surface area contributed by atoms with Gasteiger partial charge in [0.1, 0.15) is 5.76 Å². The van der Waals surface area contributed by atoms with Crippen LogP contribution >= 0.6 is 27.5 Å². The van der Waals surface area contributed by atoms with Gasteiger partial charge in [-0.25, -0.2) is 0 Å². The van der Waals surface area contributed by atoms with Crippen LogP contribution in [0.4, 0.5) is 0 Å². The summed E-state index contributed by atoms with van der Waals surface area (Å²) in [5, 5.41) is 1.13. The van der Waals surface area contributed by atoms with E-state index in [1.54, 1.807) is 14.2 Å². The molecule has 1 aromatic carbocycles. The lowest BCUT2D eigenvalue weighted by Gasteiger charge is -2.31. The van der Waals surface area contributed by atoms with Crippen molar-refractivity contribution in [1.82, 2.24) is 0 Å². The van der Waals surface area contributed by atoms with Gasteiger partial charge in [0.2, 0.25) is 5.24 Å². The Bertz CT molecular complexity index is 611. The first-order valence-corrected chi connectivity index (χ1v) is 6.51. The summed E-state index contributed by atoms with van der Waals surface area (Å²) in [6.07, 6.45) is 0.325. The Morgan fingerprint density at radius 2 is 1.94 bits per heavy atom. The normalized spacial score (nSPS) is 22.7. The Labute approximate surface area is 118 Å². The molecule has 0 N–H and O–H groups in total. The van der Waals surface area contributed by atoms with Crippen LogP contribution in [-0.2, 0) is 14.3 Å². The predicted molar refractivity (Wildman–Crippen MR) is 73.7 cm³/mol. The Balaban J connectivity index is 2.91. The smallest absolute Gasteiger partial charge is 0.249 e. The van der Waals surface area contributed by atoms with Crippen LogP contribution in [0.3, 0.4) is 0 Å². The monoisotopic (exact) mass is 330 g/mol. The van der Waals surface area contributed by atoms with Crippen LogP contribution in [0.2, 0.25) is 0 Å². The molecular formula is C13H12BrClO3. The van der Waals surface area contributed by atoms with Gasteiger partial charge in [0.05, 0.1) is 7.11 Å². The molecule has 0 aromatic heterocycles. The largest absolute Gasteiger partial charge is 0.496 e. The van der Waals surface area contributed by atoms with E-state index >= 15 is 0 Å². The number of fused-ring (bicyclic) bond motifs is 1. The number of halogens is 2. The van der Waals surface area contributed by atoms with E-state index < -0.39 is 9.75 Å². The molecule has 18 heavy (non-hydrogen) atoms. The first kappa shape index (κ1) is 13.6. The van der Waals surface area contributed by atoms with Crippen molar-refractivity contribution in [3.8, 4) is 0 Å². The predicted octanol–water partition coefficient (Wildman–Crippen LogP) is 1.50. The van der Waals surface area contributed by atoms with Crippen molar-refractivity contribution in [2.24, 2.45) is 0 Å². The number of benzene rings is 1. The molecule has 1 aromatic rings. The molecule has 3 nitrogen and oxygen atoms in total. The Kier molecular flexibility index (Phi) is 3.80. The van der Waals surface area contributed by atoms with Crippen LogP contribution in [-0.4, -0.2) is 24.0 Å². The quantitative estimate of drug-likeness (QED) is 0.622. The molecule has 0 aliphatic heterocycles. The standard InChI is InChI=1S/C13H12BrClO3/c1-17-11-9-6-4-3-5-8(9)10(12(15)16)7-13(11,14)18-2/h3-6H,7H2,1-2H3. The van der Waals surface area contributed by atoms with Crippen molar-refractivity contribution < 1.29 is 14.3 Å². The zero-order valence-corrected chi connectivity index (χ0v) is 12.3. The zero-order valence-electron chi connectivity index (χ0n) is 10.00. The van der Waals surface area contributed by atoms with Gasteiger partial charge in [-0.15, -0.1) is 0 Å². The number of carbonyl (C=O) groups excluding carboxylic acids is 1. The summed E-state index contributed by atoms with van der Waals surface area (Å²) in [7, 11) is 3.13. The second-order valence-corrected chi connectivity index (χ2v) is 5.56. The van der Waals surface area contributed by atoms with Gasteiger partial charge < -0.3 is 9.47 Å². The number of hydrogen-bond acceptors (Lipinski definition) is 3. The lowest BCUT2D eigenvalue weighted by atomic mass is 9.96. The van der Waals surface area contributed by atoms with Crippen LogP contribution in [0.1, 0.15) is 6.42 Å². The number of rotatable bonds is 3. The molecule has 0 heterocycles. The average Bonchev–Trinajstić information content (AvgIpc) is 2.37. The molecule has 0 fully saturated rings. The highest BCUT2D eigenvalue weighted by molar-refractivity contribution is 9.10.